The Bertz CT molecular complexity index is 652. The molecule has 2 atom stereocenters. The van der Waals surface area contributed by atoms with Gasteiger partial charge in [-0.05, 0) is 45.1 Å². The van der Waals surface area contributed by atoms with Crippen LogP contribution in [0.2, 0.25) is 0 Å². The predicted molar refractivity (Wildman–Crippen MR) is 137 cm³/mol. The number of halogens is 1. The van der Waals surface area contributed by atoms with Gasteiger partial charge in [-0.25, -0.2) is 0 Å². The largest absolute Gasteiger partial charge is 0.469 e. The van der Waals surface area contributed by atoms with E-state index in [0.717, 1.165) is 70.7 Å². The van der Waals surface area contributed by atoms with Crippen LogP contribution >= 0.6 is 24.0 Å². The molecular weight excluding hydrogens is 505 g/mol. The summed E-state index contributed by atoms with van der Waals surface area (Å²) in [5, 5.41) is 6.79. The summed E-state index contributed by atoms with van der Waals surface area (Å²) in [6, 6.07) is 8.69. The summed E-state index contributed by atoms with van der Waals surface area (Å²) in [5.41, 5.74) is 2.53. The number of hydrogen-bond acceptors (Lipinski definition) is 4. The second kappa shape index (κ2) is 16.3. The third-order valence-corrected chi connectivity index (χ3v) is 5.51. The molecule has 0 spiro atoms. The summed E-state index contributed by atoms with van der Waals surface area (Å²) in [5.74, 6) is 1.15. The van der Waals surface area contributed by atoms with Gasteiger partial charge in [0.1, 0.15) is 0 Å². The topological polar surface area (TPSA) is 72.0 Å². The number of ether oxygens (including phenoxy) is 2. The summed E-state index contributed by atoms with van der Waals surface area (Å²) < 4.78 is 10.8. The van der Waals surface area contributed by atoms with Crippen LogP contribution in [0.1, 0.15) is 69.1 Å². The minimum atomic E-state index is -0.120. The number of methoxy groups -OCH3 is 1. The molecule has 0 radical (unpaired) electrons. The van der Waals surface area contributed by atoms with E-state index in [4.69, 9.17) is 9.73 Å². The fourth-order valence-electron chi connectivity index (χ4n) is 3.76. The average Bonchev–Trinajstić information content (AvgIpc) is 2.77. The molecule has 1 fully saturated rings. The van der Waals surface area contributed by atoms with E-state index >= 15 is 0 Å². The lowest BCUT2D eigenvalue weighted by Gasteiger charge is -2.31. The number of guanidine groups is 1. The zero-order valence-electron chi connectivity index (χ0n) is 19.3. The van der Waals surface area contributed by atoms with Crippen LogP contribution in [0.3, 0.4) is 0 Å². The fraction of sp³-hybridized carbons (Fsp3) is 0.667. The summed E-state index contributed by atoms with van der Waals surface area (Å²) in [7, 11) is 1.44. The maximum atomic E-state index is 11.1. The molecule has 1 saturated heterocycles. The van der Waals surface area contributed by atoms with Gasteiger partial charge in [-0.15, -0.1) is 24.0 Å². The highest BCUT2D eigenvalue weighted by Gasteiger charge is 2.27. The first kappa shape index (κ1) is 27.7. The first-order valence-electron chi connectivity index (χ1n) is 11.4. The number of nitrogens with one attached hydrogen (secondary N) is 2. The second-order valence-electron chi connectivity index (χ2n) is 7.99. The van der Waals surface area contributed by atoms with E-state index in [1.54, 1.807) is 0 Å². The molecule has 0 bridgehead atoms. The minimum absolute atomic E-state index is 0. The Hall–Kier alpha value is -1.35. The maximum Gasteiger partial charge on any atom is 0.305 e. The molecule has 31 heavy (non-hydrogen) atoms. The van der Waals surface area contributed by atoms with Crippen molar-refractivity contribution in [3.63, 3.8) is 0 Å². The van der Waals surface area contributed by atoms with Gasteiger partial charge in [0.15, 0.2) is 5.96 Å². The molecule has 2 N–H and O–H groups in total. The predicted octanol–water partition coefficient (Wildman–Crippen LogP) is 4.76. The lowest BCUT2D eigenvalue weighted by molar-refractivity contribution is -0.140. The lowest BCUT2D eigenvalue weighted by Crippen LogP contribution is -2.38. The number of carbonyl (C=O) groups excluding carboxylic acids is 1. The van der Waals surface area contributed by atoms with E-state index in [0.29, 0.717) is 12.3 Å². The van der Waals surface area contributed by atoms with Crippen molar-refractivity contribution < 1.29 is 14.3 Å². The Morgan fingerprint density at radius 1 is 1.16 bits per heavy atom. The van der Waals surface area contributed by atoms with Crippen LogP contribution in [0, 0.1) is 12.8 Å². The monoisotopic (exact) mass is 545 g/mol. The first-order valence-corrected chi connectivity index (χ1v) is 11.4. The Labute approximate surface area is 205 Å². The lowest BCUT2D eigenvalue weighted by atomic mass is 9.89. The standard InChI is InChI=1S/C24H39N3O3.HI/c1-4-25-24(26-16-8-6-5-7-11-22(28)29-3)27-18-21-10-9-17-30-23(21)20-14-12-19(2)13-15-20;/h12-15,21,23H,4-11,16-18H2,1-3H3,(H2,25,26,27);1H. The van der Waals surface area contributed by atoms with Gasteiger partial charge in [0.2, 0.25) is 0 Å². The molecule has 1 aromatic rings. The van der Waals surface area contributed by atoms with Crippen LogP contribution in [-0.4, -0.2) is 45.3 Å². The fourth-order valence-corrected chi connectivity index (χ4v) is 3.76. The molecule has 1 aromatic carbocycles. The van der Waals surface area contributed by atoms with Crippen LogP contribution in [0.25, 0.3) is 0 Å². The van der Waals surface area contributed by atoms with Crippen LogP contribution in [0.5, 0.6) is 0 Å². The van der Waals surface area contributed by atoms with Gasteiger partial charge in [-0.3, -0.25) is 9.79 Å². The normalized spacial score (nSPS) is 18.7. The smallest absolute Gasteiger partial charge is 0.305 e. The maximum absolute atomic E-state index is 11.1. The highest BCUT2D eigenvalue weighted by Crippen LogP contribution is 2.33. The molecular formula is C24H40IN3O3. The van der Waals surface area contributed by atoms with Crippen molar-refractivity contribution in [3.05, 3.63) is 35.4 Å². The number of hydrogen-bond donors (Lipinski definition) is 2. The van der Waals surface area contributed by atoms with Crippen molar-refractivity contribution in [2.75, 3.05) is 33.4 Å². The molecule has 0 aromatic heterocycles. The third kappa shape index (κ3) is 10.7. The quantitative estimate of drug-likeness (QED) is 0.138. The van der Waals surface area contributed by atoms with E-state index in [-0.39, 0.29) is 36.0 Å². The zero-order chi connectivity index (χ0) is 21.6. The van der Waals surface area contributed by atoms with Gasteiger partial charge in [0.05, 0.1) is 13.2 Å². The second-order valence-corrected chi connectivity index (χ2v) is 7.99. The SMILES string of the molecule is CCNC(=NCC1CCCOC1c1ccc(C)cc1)NCCCCCCC(=O)OC.I. The minimum Gasteiger partial charge on any atom is -0.469 e. The van der Waals surface area contributed by atoms with Gasteiger partial charge >= 0.3 is 5.97 Å². The van der Waals surface area contributed by atoms with Crippen molar-refractivity contribution >= 4 is 35.9 Å². The van der Waals surface area contributed by atoms with Gasteiger partial charge < -0.3 is 20.1 Å². The number of rotatable bonds is 11. The van der Waals surface area contributed by atoms with Crippen molar-refractivity contribution in [2.45, 2.75) is 64.9 Å². The highest BCUT2D eigenvalue weighted by molar-refractivity contribution is 14.0. The van der Waals surface area contributed by atoms with E-state index in [1.165, 1.54) is 18.2 Å². The summed E-state index contributed by atoms with van der Waals surface area (Å²) in [4.78, 5) is 16.0. The van der Waals surface area contributed by atoms with Gasteiger partial charge in [0.25, 0.3) is 0 Å². The highest BCUT2D eigenvalue weighted by atomic mass is 127. The van der Waals surface area contributed by atoms with Crippen molar-refractivity contribution in [1.29, 1.82) is 0 Å². The first-order chi connectivity index (χ1) is 14.6. The molecule has 2 rings (SSSR count). The number of unbranched alkanes of at least 4 members (excludes halogenated alkanes) is 3. The Balaban J connectivity index is 0.00000480. The molecule has 0 saturated carbocycles. The number of benzene rings is 1. The van der Waals surface area contributed by atoms with Gasteiger partial charge in [-0.1, -0.05) is 42.7 Å². The van der Waals surface area contributed by atoms with E-state index in [2.05, 4.69) is 53.5 Å². The molecule has 0 amide bonds. The van der Waals surface area contributed by atoms with Crippen LogP contribution in [0.15, 0.2) is 29.3 Å². The Kier molecular flexibility index (Phi) is 14.6. The molecule has 176 valence electrons. The van der Waals surface area contributed by atoms with Crippen molar-refractivity contribution in [3.8, 4) is 0 Å². The Morgan fingerprint density at radius 2 is 1.90 bits per heavy atom. The molecule has 1 heterocycles. The van der Waals surface area contributed by atoms with Crippen LogP contribution < -0.4 is 10.6 Å². The van der Waals surface area contributed by atoms with Crippen LogP contribution in [-0.2, 0) is 14.3 Å². The number of nitrogens with zero attached hydrogens (tertiary/aromatic N) is 1. The molecule has 6 nitrogen and oxygen atoms in total. The molecule has 7 heteroatoms. The summed E-state index contributed by atoms with van der Waals surface area (Å²) in [6.07, 6.45) is 6.96. The average molecular weight is 546 g/mol. The van der Waals surface area contributed by atoms with E-state index in [1.807, 2.05) is 0 Å². The summed E-state index contributed by atoms with van der Waals surface area (Å²) in [6.45, 7) is 7.50. The molecule has 2 unspecified atom stereocenters. The van der Waals surface area contributed by atoms with Crippen LogP contribution in [0.4, 0.5) is 0 Å². The van der Waals surface area contributed by atoms with Gasteiger partial charge in [0, 0.05) is 38.6 Å². The van der Waals surface area contributed by atoms with Crippen molar-refractivity contribution in [1.82, 2.24) is 10.6 Å². The molecule has 1 aliphatic heterocycles. The zero-order valence-corrected chi connectivity index (χ0v) is 21.7. The van der Waals surface area contributed by atoms with E-state index in [9.17, 15) is 4.79 Å². The third-order valence-electron chi connectivity index (χ3n) is 5.51. The number of esters is 1. The molecule has 1 aliphatic rings. The van der Waals surface area contributed by atoms with Crippen molar-refractivity contribution in [2.24, 2.45) is 10.9 Å². The number of aliphatic imine (C=N–C) groups is 1. The number of aryl methyl sites for hydroxylation is 1. The van der Waals surface area contributed by atoms with E-state index < -0.39 is 0 Å². The van der Waals surface area contributed by atoms with Gasteiger partial charge in [-0.2, -0.15) is 0 Å². The number of carbonyl (C=O) groups is 1. The molecule has 0 aliphatic carbocycles. The summed E-state index contributed by atoms with van der Waals surface area (Å²) >= 11 is 0. The Morgan fingerprint density at radius 3 is 2.61 bits per heavy atom.